The fraction of sp³-hybridized carbons (Fsp3) is 0.643. The van der Waals surface area contributed by atoms with E-state index in [0.29, 0.717) is 24.1 Å². The van der Waals surface area contributed by atoms with E-state index in [2.05, 4.69) is 39.5 Å². The van der Waals surface area contributed by atoms with E-state index in [-0.39, 0.29) is 17.5 Å². The summed E-state index contributed by atoms with van der Waals surface area (Å²) in [6.45, 7) is 9.50. The number of nitrogens with one attached hydrogen (secondary N) is 2. The van der Waals surface area contributed by atoms with Gasteiger partial charge in [-0.3, -0.25) is 10.6 Å². The molecule has 1 heterocycles. The van der Waals surface area contributed by atoms with Crippen LogP contribution < -0.4 is 16.6 Å². The van der Waals surface area contributed by atoms with Crippen molar-refractivity contribution in [2.24, 2.45) is 5.84 Å². The minimum Gasteiger partial charge on any atom is -0.349 e. The van der Waals surface area contributed by atoms with Crippen molar-refractivity contribution in [1.82, 2.24) is 20.2 Å². The molecule has 0 aliphatic rings. The molecular formula is C14H26N6O. The van der Waals surface area contributed by atoms with Gasteiger partial charge in [0.2, 0.25) is 0 Å². The lowest BCUT2D eigenvalue weighted by atomic mass is 10.2. The van der Waals surface area contributed by atoms with Crippen LogP contribution in [-0.2, 0) is 0 Å². The van der Waals surface area contributed by atoms with Crippen molar-refractivity contribution in [2.75, 3.05) is 25.6 Å². The van der Waals surface area contributed by atoms with Gasteiger partial charge >= 0.3 is 0 Å². The molecule has 0 bridgehead atoms. The first kappa shape index (κ1) is 17.3. The van der Waals surface area contributed by atoms with E-state index in [9.17, 15) is 4.79 Å². The number of nitrogens with two attached hydrogens (primary N) is 1. The number of nitrogens with zero attached hydrogens (tertiary/aromatic N) is 3. The van der Waals surface area contributed by atoms with Gasteiger partial charge in [-0.15, -0.1) is 0 Å². The zero-order chi connectivity index (χ0) is 16.0. The number of carbonyl (C=O) groups is 1. The molecular weight excluding hydrogens is 268 g/mol. The summed E-state index contributed by atoms with van der Waals surface area (Å²) < 4.78 is 0. The zero-order valence-electron chi connectivity index (χ0n) is 13.5. The Bertz CT molecular complexity index is 475. The van der Waals surface area contributed by atoms with Gasteiger partial charge in [0.05, 0.1) is 11.9 Å². The Morgan fingerprint density at radius 2 is 2.05 bits per heavy atom. The highest BCUT2D eigenvalue weighted by Gasteiger charge is 2.16. The predicted octanol–water partition coefficient (Wildman–Crippen LogP) is 0.956. The van der Waals surface area contributed by atoms with Crippen LogP contribution in [0.4, 0.5) is 5.69 Å². The first-order valence-electron chi connectivity index (χ1n) is 7.18. The Hall–Kier alpha value is -1.73. The lowest BCUT2D eigenvalue weighted by Crippen LogP contribution is -2.36. The zero-order valence-corrected chi connectivity index (χ0v) is 13.5. The number of nitrogen functional groups attached to an aromatic ring is 1. The quantitative estimate of drug-likeness (QED) is 0.512. The molecule has 4 N–H and O–H groups in total. The number of amides is 1. The summed E-state index contributed by atoms with van der Waals surface area (Å²) in [6, 6.07) is 0.440. The van der Waals surface area contributed by atoms with Crippen LogP contribution >= 0.6 is 0 Å². The number of carbonyl (C=O) groups excluding carboxylic acids is 1. The summed E-state index contributed by atoms with van der Waals surface area (Å²) in [6.07, 6.45) is 1.54. The smallest absolute Gasteiger partial charge is 0.272 e. The van der Waals surface area contributed by atoms with Crippen molar-refractivity contribution in [2.45, 2.75) is 39.7 Å². The third-order valence-corrected chi connectivity index (χ3v) is 3.33. The van der Waals surface area contributed by atoms with Crippen molar-refractivity contribution >= 4 is 11.6 Å². The van der Waals surface area contributed by atoms with Gasteiger partial charge in [0.15, 0.2) is 5.69 Å². The van der Waals surface area contributed by atoms with Crippen LogP contribution in [0.2, 0.25) is 0 Å². The molecule has 0 spiro atoms. The fourth-order valence-corrected chi connectivity index (χ4v) is 1.64. The van der Waals surface area contributed by atoms with Crippen LogP contribution in [0.5, 0.6) is 0 Å². The van der Waals surface area contributed by atoms with Crippen molar-refractivity contribution in [3.05, 3.63) is 17.7 Å². The summed E-state index contributed by atoms with van der Waals surface area (Å²) in [5.74, 6) is 5.94. The summed E-state index contributed by atoms with van der Waals surface area (Å²) in [7, 11) is 2.02. The molecule has 0 fully saturated rings. The minimum absolute atomic E-state index is 0.149. The first-order valence-corrected chi connectivity index (χ1v) is 7.18. The second-order valence-corrected chi connectivity index (χ2v) is 5.62. The number of rotatable bonds is 7. The van der Waals surface area contributed by atoms with E-state index in [1.165, 1.54) is 6.20 Å². The van der Waals surface area contributed by atoms with Crippen molar-refractivity contribution in [3.63, 3.8) is 0 Å². The monoisotopic (exact) mass is 294 g/mol. The molecule has 1 rings (SSSR count). The van der Waals surface area contributed by atoms with Gasteiger partial charge < -0.3 is 15.6 Å². The van der Waals surface area contributed by atoms with Crippen LogP contribution in [0.3, 0.4) is 0 Å². The van der Waals surface area contributed by atoms with Crippen LogP contribution in [0, 0.1) is 0 Å². The summed E-state index contributed by atoms with van der Waals surface area (Å²) in [5, 5.41) is 2.86. The highest BCUT2D eigenvalue weighted by Crippen LogP contribution is 2.15. The summed E-state index contributed by atoms with van der Waals surface area (Å²) >= 11 is 0. The van der Waals surface area contributed by atoms with Gasteiger partial charge in [-0.05, 0) is 20.9 Å². The Kier molecular flexibility index (Phi) is 6.51. The highest BCUT2D eigenvalue weighted by molar-refractivity contribution is 5.97. The predicted molar refractivity (Wildman–Crippen MR) is 84.0 cm³/mol. The maximum Gasteiger partial charge on any atom is 0.272 e. The molecule has 7 heteroatoms. The SMILES string of the molecule is CC(C)c1ncc(NN)c(C(=O)NCCN(C)C(C)C)n1. The molecule has 0 radical (unpaired) electrons. The molecule has 0 aliphatic carbocycles. The molecule has 118 valence electrons. The Labute approximate surface area is 126 Å². The second-order valence-electron chi connectivity index (χ2n) is 5.62. The van der Waals surface area contributed by atoms with Crippen LogP contribution in [0.1, 0.15) is 49.9 Å². The number of hydrogen-bond donors (Lipinski definition) is 3. The van der Waals surface area contributed by atoms with Gasteiger partial charge in [0.1, 0.15) is 5.82 Å². The van der Waals surface area contributed by atoms with E-state index in [1.807, 2.05) is 20.9 Å². The lowest BCUT2D eigenvalue weighted by molar-refractivity contribution is 0.0943. The van der Waals surface area contributed by atoms with Crippen LogP contribution in [0.25, 0.3) is 0 Å². The molecule has 0 unspecified atom stereocenters. The molecule has 1 amide bonds. The van der Waals surface area contributed by atoms with Gasteiger partial charge in [-0.2, -0.15) is 0 Å². The molecule has 1 aromatic rings. The van der Waals surface area contributed by atoms with Crippen LogP contribution in [0.15, 0.2) is 6.20 Å². The van der Waals surface area contributed by atoms with E-state index in [1.54, 1.807) is 0 Å². The van der Waals surface area contributed by atoms with Crippen molar-refractivity contribution in [3.8, 4) is 0 Å². The Morgan fingerprint density at radius 1 is 1.38 bits per heavy atom. The summed E-state index contributed by atoms with van der Waals surface area (Å²) in [5.41, 5.74) is 3.17. The minimum atomic E-state index is -0.246. The topological polar surface area (TPSA) is 96.2 Å². The fourth-order valence-electron chi connectivity index (χ4n) is 1.64. The molecule has 0 saturated carbocycles. The van der Waals surface area contributed by atoms with Gasteiger partial charge in [-0.1, -0.05) is 13.8 Å². The van der Waals surface area contributed by atoms with Gasteiger partial charge in [-0.25, -0.2) is 9.97 Å². The average molecular weight is 294 g/mol. The number of hydrazine groups is 1. The van der Waals surface area contributed by atoms with Crippen LogP contribution in [-0.4, -0.2) is 47.0 Å². The molecule has 0 aliphatic heterocycles. The molecule has 0 saturated heterocycles. The Balaban J connectivity index is 2.74. The van der Waals surface area contributed by atoms with Gasteiger partial charge in [0.25, 0.3) is 5.91 Å². The van der Waals surface area contributed by atoms with E-state index in [0.717, 1.165) is 6.54 Å². The van der Waals surface area contributed by atoms with E-state index < -0.39 is 0 Å². The van der Waals surface area contributed by atoms with E-state index >= 15 is 0 Å². The van der Waals surface area contributed by atoms with Crippen molar-refractivity contribution in [1.29, 1.82) is 0 Å². The molecule has 7 nitrogen and oxygen atoms in total. The molecule has 0 aromatic carbocycles. The third-order valence-electron chi connectivity index (χ3n) is 3.33. The highest BCUT2D eigenvalue weighted by atomic mass is 16.1. The summed E-state index contributed by atoms with van der Waals surface area (Å²) in [4.78, 5) is 22.9. The maximum absolute atomic E-state index is 12.2. The standard InChI is InChI=1S/C14H26N6O/c1-9(2)13-17-8-11(19-15)12(18-13)14(21)16-6-7-20(5)10(3)4/h8-10,19H,6-7,15H2,1-5H3,(H,16,21). The average Bonchev–Trinajstić information content (AvgIpc) is 2.45. The van der Waals surface area contributed by atoms with Gasteiger partial charge in [0, 0.05) is 25.0 Å². The molecule has 1 aromatic heterocycles. The lowest BCUT2D eigenvalue weighted by Gasteiger charge is -2.21. The Morgan fingerprint density at radius 3 is 2.57 bits per heavy atom. The third kappa shape index (κ3) is 4.95. The first-order chi connectivity index (χ1) is 9.86. The number of likely N-dealkylation sites (N-methyl/N-ethyl adjacent to an activating group) is 1. The normalized spacial score (nSPS) is 11.3. The maximum atomic E-state index is 12.2. The van der Waals surface area contributed by atoms with Crippen molar-refractivity contribution < 1.29 is 4.79 Å². The second kappa shape index (κ2) is 7.90. The molecule has 0 atom stereocenters. The number of aromatic nitrogens is 2. The number of anilines is 1. The molecule has 21 heavy (non-hydrogen) atoms. The van der Waals surface area contributed by atoms with E-state index in [4.69, 9.17) is 5.84 Å². The largest absolute Gasteiger partial charge is 0.349 e. The number of hydrogen-bond acceptors (Lipinski definition) is 6.